The second-order valence-electron chi connectivity index (χ2n) is 20.1. The van der Waals surface area contributed by atoms with Crippen molar-refractivity contribution in [2.24, 2.45) is 0 Å². The van der Waals surface area contributed by atoms with Gasteiger partial charge < -0.3 is 39.4 Å². The van der Waals surface area contributed by atoms with E-state index in [4.69, 9.17) is 18.9 Å². The van der Waals surface area contributed by atoms with Crippen LogP contribution < -0.4 is 0 Å². The molecule has 6 atom stereocenters. The van der Waals surface area contributed by atoms with Gasteiger partial charge in [0.2, 0.25) is 0 Å². The zero-order valence-corrected chi connectivity index (χ0v) is 45.0. The molecule has 4 N–H and O–H groups in total. The quantitative estimate of drug-likeness (QED) is 0.0263. The summed E-state index contributed by atoms with van der Waals surface area (Å²) in [6.45, 7) is 3.36. The van der Waals surface area contributed by atoms with E-state index in [2.05, 4.69) is 62.5 Å². The SMILES string of the molecule is CC/C=C\C/C=C\C/C=C\C/C=C\CCCCCCCCCCCCC(=O)OC(COC(=O)CCCCCCCCCCCCCCCCCCCCCCCC)COC1OC(CO)C(O)C(O)C1O. The van der Waals surface area contributed by atoms with Crippen molar-refractivity contribution in [3.8, 4) is 0 Å². The third kappa shape index (κ3) is 40.2. The van der Waals surface area contributed by atoms with Crippen LogP contribution in [0.5, 0.6) is 0 Å². The molecule has 0 aromatic carbocycles. The molecule has 1 aliphatic heterocycles. The maximum atomic E-state index is 12.9. The summed E-state index contributed by atoms with van der Waals surface area (Å²) in [5.41, 5.74) is 0. The molecular formula is C60H108O10. The Kier molecular flexibility index (Phi) is 47.1. The third-order valence-electron chi connectivity index (χ3n) is 13.5. The molecule has 1 aliphatic rings. The van der Waals surface area contributed by atoms with Crippen molar-refractivity contribution >= 4 is 11.9 Å². The van der Waals surface area contributed by atoms with Gasteiger partial charge in [0.15, 0.2) is 12.4 Å². The fourth-order valence-electron chi connectivity index (χ4n) is 8.95. The Bertz CT molecular complexity index is 1280. The highest BCUT2D eigenvalue weighted by atomic mass is 16.7. The van der Waals surface area contributed by atoms with Crippen LogP contribution in [0.1, 0.15) is 264 Å². The van der Waals surface area contributed by atoms with Crippen molar-refractivity contribution in [1.82, 2.24) is 0 Å². The summed E-state index contributed by atoms with van der Waals surface area (Å²) >= 11 is 0. The second-order valence-corrected chi connectivity index (χ2v) is 20.1. The van der Waals surface area contributed by atoms with Crippen LogP contribution in [0.15, 0.2) is 48.6 Å². The number of carbonyl (C=O) groups excluding carboxylic acids is 2. The molecule has 0 radical (unpaired) electrons. The molecule has 0 aromatic rings. The van der Waals surface area contributed by atoms with Crippen molar-refractivity contribution in [2.45, 2.75) is 301 Å². The van der Waals surface area contributed by atoms with E-state index in [9.17, 15) is 30.0 Å². The van der Waals surface area contributed by atoms with Gasteiger partial charge in [0, 0.05) is 12.8 Å². The van der Waals surface area contributed by atoms with Crippen LogP contribution in [-0.4, -0.2) is 89.0 Å². The molecule has 6 unspecified atom stereocenters. The number of hydrogen-bond donors (Lipinski definition) is 4. The molecular weight excluding hydrogens is 881 g/mol. The highest BCUT2D eigenvalue weighted by Gasteiger charge is 2.44. The topological polar surface area (TPSA) is 152 Å². The van der Waals surface area contributed by atoms with Crippen LogP contribution in [-0.2, 0) is 28.5 Å². The summed E-state index contributed by atoms with van der Waals surface area (Å²) < 4.78 is 22.3. The Hall–Kier alpha value is -2.34. The van der Waals surface area contributed by atoms with E-state index in [1.807, 2.05) is 0 Å². The Morgan fingerprint density at radius 2 is 0.843 bits per heavy atom. The molecule has 1 fully saturated rings. The molecule has 0 aromatic heterocycles. The minimum Gasteiger partial charge on any atom is -0.462 e. The van der Waals surface area contributed by atoms with E-state index in [1.165, 1.54) is 161 Å². The van der Waals surface area contributed by atoms with E-state index < -0.39 is 49.4 Å². The van der Waals surface area contributed by atoms with E-state index in [0.717, 1.165) is 70.6 Å². The number of aliphatic hydroxyl groups excluding tert-OH is 4. The maximum Gasteiger partial charge on any atom is 0.306 e. The number of aliphatic hydroxyl groups is 4. The zero-order chi connectivity index (χ0) is 50.8. The average Bonchev–Trinajstić information content (AvgIpc) is 3.36. The maximum absolute atomic E-state index is 12.9. The summed E-state index contributed by atoms with van der Waals surface area (Å²) in [5, 5.41) is 40.3. The molecule has 0 bridgehead atoms. The lowest BCUT2D eigenvalue weighted by molar-refractivity contribution is -0.305. The van der Waals surface area contributed by atoms with E-state index in [1.54, 1.807) is 0 Å². The summed E-state index contributed by atoms with van der Waals surface area (Å²) in [6.07, 6.45) is 55.5. The first-order chi connectivity index (χ1) is 34.3. The van der Waals surface area contributed by atoms with Crippen LogP contribution >= 0.6 is 0 Å². The van der Waals surface area contributed by atoms with E-state index in [-0.39, 0.29) is 32.0 Å². The van der Waals surface area contributed by atoms with Gasteiger partial charge >= 0.3 is 11.9 Å². The van der Waals surface area contributed by atoms with Gasteiger partial charge in [-0.25, -0.2) is 0 Å². The summed E-state index contributed by atoms with van der Waals surface area (Å²) in [5.74, 6) is -0.799. The molecule has 408 valence electrons. The first kappa shape index (κ1) is 65.7. The Balaban J connectivity index is 2.19. The smallest absolute Gasteiger partial charge is 0.306 e. The predicted octanol–water partition coefficient (Wildman–Crippen LogP) is 14.7. The summed E-state index contributed by atoms with van der Waals surface area (Å²) in [7, 11) is 0. The van der Waals surface area contributed by atoms with E-state index >= 15 is 0 Å². The lowest BCUT2D eigenvalue weighted by Gasteiger charge is -2.39. The minimum atomic E-state index is -1.60. The Morgan fingerprint density at radius 3 is 1.27 bits per heavy atom. The highest BCUT2D eigenvalue weighted by Crippen LogP contribution is 2.23. The second kappa shape index (κ2) is 50.2. The number of ether oxygens (including phenoxy) is 4. The van der Waals surface area contributed by atoms with Gasteiger partial charge in [-0.3, -0.25) is 9.59 Å². The van der Waals surface area contributed by atoms with Crippen molar-refractivity contribution in [3.63, 3.8) is 0 Å². The molecule has 70 heavy (non-hydrogen) atoms. The monoisotopic (exact) mass is 989 g/mol. The lowest BCUT2D eigenvalue weighted by atomic mass is 9.99. The first-order valence-corrected chi connectivity index (χ1v) is 29.2. The van der Waals surface area contributed by atoms with Crippen LogP contribution in [0.25, 0.3) is 0 Å². The minimum absolute atomic E-state index is 0.217. The van der Waals surface area contributed by atoms with Crippen molar-refractivity contribution in [2.75, 3.05) is 19.8 Å². The van der Waals surface area contributed by atoms with Gasteiger partial charge in [-0.15, -0.1) is 0 Å². The predicted molar refractivity (Wildman–Crippen MR) is 289 cm³/mol. The van der Waals surface area contributed by atoms with Crippen molar-refractivity contribution < 1.29 is 49.0 Å². The molecule has 0 amide bonds. The van der Waals surface area contributed by atoms with Gasteiger partial charge in [0.05, 0.1) is 13.2 Å². The van der Waals surface area contributed by atoms with Gasteiger partial charge in [-0.1, -0.05) is 249 Å². The highest BCUT2D eigenvalue weighted by molar-refractivity contribution is 5.70. The van der Waals surface area contributed by atoms with Crippen molar-refractivity contribution in [1.29, 1.82) is 0 Å². The molecule has 10 nitrogen and oxygen atoms in total. The summed E-state index contributed by atoms with van der Waals surface area (Å²) in [6, 6.07) is 0. The number of allylic oxidation sites excluding steroid dienone is 8. The Labute approximate surface area is 428 Å². The molecule has 0 spiro atoms. The molecule has 0 saturated carbocycles. The van der Waals surface area contributed by atoms with Gasteiger partial charge in [-0.05, 0) is 51.4 Å². The van der Waals surface area contributed by atoms with Crippen LogP contribution in [0, 0.1) is 0 Å². The first-order valence-electron chi connectivity index (χ1n) is 29.2. The standard InChI is InChI=1S/C60H108O10/c1-3-5-7-9-11-13-15-17-19-21-23-25-27-29-31-33-35-37-39-41-43-45-47-49-56(63)69-53(52-68-60-59(66)58(65)57(64)54(50-61)70-60)51-67-55(62)48-46-44-42-40-38-36-34-32-30-28-26-24-22-20-18-16-14-12-10-8-6-4-2/h5,7,11,13,17,19,23,25,53-54,57-61,64-66H,3-4,6,8-10,12,14-16,18,20-22,24,26-52H2,1-2H3/b7-5-,13-11-,19-17-,25-23-. The van der Waals surface area contributed by atoms with Crippen molar-refractivity contribution in [3.05, 3.63) is 48.6 Å². The molecule has 1 rings (SSSR count). The van der Waals surface area contributed by atoms with Crippen LogP contribution in [0.4, 0.5) is 0 Å². The number of hydrogen-bond acceptors (Lipinski definition) is 10. The number of carbonyl (C=O) groups is 2. The molecule has 1 heterocycles. The fraction of sp³-hybridized carbons (Fsp3) is 0.833. The third-order valence-corrected chi connectivity index (χ3v) is 13.5. The van der Waals surface area contributed by atoms with E-state index in [0.29, 0.717) is 6.42 Å². The molecule has 0 aliphatic carbocycles. The molecule has 10 heteroatoms. The average molecular weight is 990 g/mol. The largest absolute Gasteiger partial charge is 0.462 e. The Morgan fingerprint density at radius 1 is 0.457 bits per heavy atom. The summed E-state index contributed by atoms with van der Waals surface area (Å²) in [4.78, 5) is 25.6. The number of unbranched alkanes of at least 4 members (excludes halogenated alkanes) is 31. The van der Waals surface area contributed by atoms with Gasteiger partial charge in [-0.2, -0.15) is 0 Å². The van der Waals surface area contributed by atoms with Crippen LogP contribution in [0.2, 0.25) is 0 Å². The van der Waals surface area contributed by atoms with Gasteiger partial charge in [0.25, 0.3) is 0 Å². The lowest BCUT2D eigenvalue weighted by Crippen LogP contribution is -2.59. The van der Waals surface area contributed by atoms with Gasteiger partial charge in [0.1, 0.15) is 31.0 Å². The number of rotatable bonds is 50. The zero-order valence-electron chi connectivity index (χ0n) is 45.0. The molecule has 1 saturated heterocycles. The normalized spacial score (nSPS) is 19.1. The number of esters is 2. The van der Waals surface area contributed by atoms with Crippen LogP contribution in [0.3, 0.4) is 0 Å². The fourth-order valence-corrected chi connectivity index (χ4v) is 8.95.